The number of methoxy groups -OCH3 is 2. The average Bonchev–Trinajstić information content (AvgIpc) is 2.80. The quantitative estimate of drug-likeness (QED) is 0.578. The van der Waals surface area contributed by atoms with Gasteiger partial charge in [-0.1, -0.05) is 6.08 Å². The fraction of sp³-hybridized carbons (Fsp3) is 0.583. The highest BCUT2D eigenvalue weighted by Crippen LogP contribution is 2.43. The van der Waals surface area contributed by atoms with Crippen LogP contribution >= 0.6 is 0 Å². The molecular weight excluding hydrogens is 224 g/mol. The van der Waals surface area contributed by atoms with E-state index in [2.05, 4.69) is 0 Å². The number of aliphatic hydroxyl groups excluding tert-OH is 1. The first-order chi connectivity index (χ1) is 8.22. The maximum atomic E-state index is 11.6. The molecule has 0 aromatic heterocycles. The van der Waals surface area contributed by atoms with E-state index in [1.54, 1.807) is 7.11 Å². The van der Waals surface area contributed by atoms with E-state index in [-0.39, 0.29) is 24.4 Å². The Kier molecular flexibility index (Phi) is 3.49. The van der Waals surface area contributed by atoms with Crippen molar-refractivity contribution in [2.45, 2.75) is 12.7 Å². The van der Waals surface area contributed by atoms with Crippen LogP contribution in [0, 0.1) is 11.8 Å². The molecule has 3 atom stereocenters. The first-order valence-corrected chi connectivity index (χ1v) is 5.49. The van der Waals surface area contributed by atoms with Gasteiger partial charge in [0.1, 0.15) is 0 Å². The van der Waals surface area contributed by atoms with E-state index in [1.807, 2.05) is 6.08 Å². The zero-order valence-electron chi connectivity index (χ0n) is 9.88. The Labute approximate surface area is 99.7 Å². The summed E-state index contributed by atoms with van der Waals surface area (Å²) in [5.41, 5.74) is 1.36. The third kappa shape index (κ3) is 1.96. The van der Waals surface area contributed by atoms with Crippen LogP contribution in [0.2, 0.25) is 0 Å². The van der Waals surface area contributed by atoms with Crippen molar-refractivity contribution in [3.8, 4) is 0 Å². The van der Waals surface area contributed by atoms with Gasteiger partial charge in [-0.25, -0.2) is 4.79 Å². The molecular formula is C12H16O5. The lowest BCUT2D eigenvalue weighted by Crippen LogP contribution is -2.36. The van der Waals surface area contributed by atoms with Gasteiger partial charge in [0, 0.05) is 13.0 Å². The summed E-state index contributed by atoms with van der Waals surface area (Å²) in [6.45, 7) is -0.0428. The predicted octanol–water partition coefficient (Wildman–Crippen LogP) is 0.601. The van der Waals surface area contributed by atoms with Gasteiger partial charge in [0.05, 0.1) is 31.5 Å². The van der Waals surface area contributed by atoms with Crippen LogP contribution in [-0.4, -0.2) is 38.2 Å². The van der Waals surface area contributed by atoms with Gasteiger partial charge < -0.3 is 19.3 Å². The van der Waals surface area contributed by atoms with Crippen LogP contribution in [0.15, 0.2) is 23.5 Å². The minimum absolute atomic E-state index is 0.0247. The van der Waals surface area contributed by atoms with Crippen LogP contribution in [0.5, 0.6) is 0 Å². The summed E-state index contributed by atoms with van der Waals surface area (Å²) in [4.78, 5) is 11.6. The summed E-state index contributed by atoms with van der Waals surface area (Å²) in [5.74, 6) is -0.519. The maximum absolute atomic E-state index is 11.6. The smallest absolute Gasteiger partial charge is 0.337 e. The first-order valence-electron chi connectivity index (χ1n) is 5.49. The Bertz CT molecular complexity index is 371. The SMILES string of the molecule is COC(=O)C1=CO[C@@H](OC)C2C(CO)=CCC12. The highest BCUT2D eigenvalue weighted by molar-refractivity contribution is 5.89. The number of rotatable bonds is 3. The zero-order chi connectivity index (χ0) is 12.4. The number of hydrogen-bond acceptors (Lipinski definition) is 5. The number of ether oxygens (including phenoxy) is 3. The van der Waals surface area contributed by atoms with E-state index >= 15 is 0 Å². The Morgan fingerprint density at radius 1 is 1.59 bits per heavy atom. The van der Waals surface area contributed by atoms with E-state index < -0.39 is 6.29 Å². The number of aliphatic hydroxyl groups is 1. The molecule has 17 heavy (non-hydrogen) atoms. The summed E-state index contributed by atoms with van der Waals surface area (Å²) < 4.78 is 15.3. The van der Waals surface area contributed by atoms with Crippen molar-refractivity contribution in [2.75, 3.05) is 20.8 Å². The third-order valence-corrected chi connectivity index (χ3v) is 3.35. The Morgan fingerprint density at radius 3 is 2.94 bits per heavy atom. The standard InChI is InChI=1S/C12H16O5/c1-15-11(14)9-6-17-12(16-2)10-7(5-13)3-4-8(9)10/h3,6,8,10,12-13H,4-5H2,1-2H3/t8?,10?,12-/m1/s1. The van der Waals surface area contributed by atoms with Crippen LogP contribution < -0.4 is 0 Å². The summed E-state index contributed by atoms with van der Waals surface area (Å²) in [6, 6.07) is 0. The van der Waals surface area contributed by atoms with E-state index in [4.69, 9.17) is 14.2 Å². The fourth-order valence-electron chi connectivity index (χ4n) is 2.51. The second kappa shape index (κ2) is 4.89. The Balaban J connectivity index is 2.27. The summed E-state index contributed by atoms with van der Waals surface area (Å²) in [7, 11) is 2.89. The first kappa shape index (κ1) is 12.1. The molecule has 0 aromatic rings. The molecule has 0 saturated heterocycles. The van der Waals surface area contributed by atoms with Crippen LogP contribution in [0.25, 0.3) is 0 Å². The summed E-state index contributed by atoms with van der Waals surface area (Å²) in [6.07, 6.45) is 3.60. The van der Waals surface area contributed by atoms with Crippen molar-refractivity contribution in [3.63, 3.8) is 0 Å². The van der Waals surface area contributed by atoms with Crippen molar-refractivity contribution < 1.29 is 24.1 Å². The molecule has 2 rings (SSSR count). The zero-order valence-corrected chi connectivity index (χ0v) is 9.88. The fourth-order valence-corrected chi connectivity index (χ4v) is 2.51. The topological polar surface area (TPSA) is 65.0 Å². The highest BCUT2D eigenvalue weighted by atomic mass is 16.7. The van der Waals surface area contributed by atoms with Crippen molar-refractivity contribution in [1.29, 1.82) is 0 Å². The number of fused-ring (bicyclic) bond motifs is 1. The molecule has 0 spiro atoms. The summed E-state index contributed by atoms with van der Waals surface area (Å²) >= 11 is 0. The molecule has 0 saturated carbocycles. The molecule has 0 amide bonds. The van der Waals surface area contributed by atoms with Gasteiger partial charge in [-0.05, 0) is 12.0 Å². The molecule has 0 aromatic carbocycles. The minimum atomic E-state index is -0.450. The van der Waals surface area contributed by atoms with Gasteiger partial charge in [0.2, 0.25) is 6.29 Å². The molecule has 94 valence electrons. The molecule has 0 radical (unpaired) electrons. The van der Waals surface area contributed by atoms with Crippen molar-refractivity contribution in [2.24, 2.45) is 11.8 Å². The summed E-state index contributed by atoms with van der Waals surface area (Å²) in [5, 5.41) is 9.29. The lowest BCUT2D eigenvalue weighted by molar-refractivity contribution is -0.146. The van der Waals surface area contributed by atoms with E-state index in [0.717, 1.165) is 5.57 Å². The van der Waals surface area contributed by atoms with Gasteiger partial charge in [-0.2, -0.15) is 0 Å². The Hall–Kier alpha value is -1.33. The molecule has 2 unspecified atom stereocenters. The van der Waals surface area contributed by atoms with Gasteiger partial charge in [-0.3, -0.25) is 0 Å². The second-order valence-electron chi connectivity index (χ2n) is 4.11. The molecule has 2 aliphatic rings. The number of carbonyl (C=O) groups excluding carboxylic acids is 1. The molecule has 1 aliphatic heterocycles. The van der Waals surface area contributed by atoms with Gasteiger partial charge in [0.15, 0.2) is 0 Å². The van der Waals surface area contributed by atoms with Gasteiger partial charge in [0.25, 0.3) is 0 Å². The van der Waals surface area contributed by atoms with E-state index in [1.165, 1.54) is 13.4 Å². The molecule has 5 heteroatoms. The predicted molar refractivity (Wildman–Crippen MR) is 58.7 cm³/mol. The number of hydrogen-bond donors (Lipinski definition) is 1. The van der Waals surface area contributed by atoms with Crippen LogP contribution in [0.3, 0.4) is 0 Å². The molecule has 0 fully saturated rings. The molecule has 1 heterocycles. The molecule has 1 N–H and O–H groups in total. The number of esters is 1. The monoisotopic (exact) mass is 240 g/mol. The average molecular weight is 240 g/mol. The van der Waals surface area contributed by atoms with Gasteiger partial charge >= 0.3 is 5.97 Å². The molecule has 1 aliphatic carbocycles. The van der Waals surface area contributed by atoms with Crippen LogP contribution in [0.4, 0.5) is 0 Å². The van der Waals surface area contributed by atoms with Crippen LogP contribution in [0.1, 0.15) is 6.42 Å². The van der Waals surface area contributed by atoms with E-state index in [9.17, 15) is 9.90 Å². The highest BCUT2D eigenvalue weighted by Gasteiger charge is 2.44. The second-order valence-corrected chi connectivity index (χ2v) is 4.11. The maximum Gasteiger partial charge on any atom is 0.337 e. The largest absolute Gasteiger partial charge is 0.471 e. The lowest BCUT2D eigenvalue weighted by Gasteiger charge is -2.33. The Morgan fingerprint density at radius 2 is 2.35 bits per heavy atom. The minimum Gasteiger partial charge on any atom is -0.471 e. The number of carbonyl (C=O) groups is 1. The lowest BCUT2D eigenvalue weighted by atomic mass is 9.83. The van der Waals surface area contributed by atoms with E-state index in [0.29, 0.717) is 12.0 Å². The van der Waals surface area contributed by atoms with Crippen LogP contribution in [-0.2, 0) is 19.0 Å². The third-order valence-electron chi connectivity index (χ3n) is 3.35. The molecule has 0 bridgehead atoms. The van der Waals surface area contributed by atoms with Crippen molar-refractivity contribution in [3.05, 3.63) is 23.5 Å². The van der Waals surface area contributed by atoms with Gasteiger partial charge in [-0.15, -0.1) is 0 Å². The number of allylic oxidation sites excluding steroid dienone is 1. The molecule has 5 nitrogen and oxygen atoms in total. The normalized spacial score (nSPS) is 31.1. The van der Waals surface area contributed by atoms with Crippen molar-refractivity contribution in [1.82, 2.24) is 0 Å². The van der Waals surface area contributed by atoms with Crippen molar-refractivity contribution >= 4 is 5.97 Å².